The van der Waals surface area contributed by atoms with Crippen molar-refractivity contribution in [3.05, 3.63) is 58.1 Å². The maximum absolute atomic E-state index is 12.7. The van der Waals surface area contributed by atoms with Crippen LogP contribution in [0.1, 0.15) is 10.4 Å². The Morgan fingerprint density at radius 2 is 1.96 bits per heavy atom. The highest BCUT2D eigenvalue weighted by Gasteiger charge is 2.26. The van der Waals surface area contributed by atoms with E-state index >= 15 is 0 Å². The Bertz CT molecular complexity index is 791. The van der Waals surface area contributed by atoms with Crippen molar-refractivity contribution in [2.75, 3.05) is 20.2 Å². The van der Waals surface area contributed by atoms with Crippen LogP contribution in [0.25, 0.3) is 0 Å². The number of rotatable bonds is 3. The van der Waals surface area contributed by atoms with Gasteiger partial charge in [-0.25, -0.2) is 4.99 Å². The van der Waals surface area contributed by atoms with Crippen molar-refractivity contribution in [1.82, 2.24) is 10.2 Å². The third-order valence-corrected chi connectivity index (χ3v) is 4.42. The van der Waals surface area contributed by atoms with Crippen LogP contribution in [-0.2, 0) is 0 Å². The first-order chi connectivity index (χ1) is 11.6. The number of carbonyl (C=O) groups is 1. The molecule has 0 aliphatic carbocycles. The first kappa shape index (κ1) is 16.6. The molecule has 1 amide bonds. The Labute approximate surface area is 149 Å². The number of methoxy groups -OCH3 is 1. The summed E-state index contributed by atoms with van der Waals surface area (Å²) in [6.07, 6.45) is 0. The second-order valence-electron chi connectivity index (χ2n) is 5.12. The predicted molar refractivity (Wildman–Crippen MR) is 95.6 cm³/mol. The van der Waals surface area contributed by atoms with E-state index in [0.717, 1.165) is 0 Å². The van der Waals surface area contributed by atoms with Gasteiger partial charge in [0, 0.05) is 18.7 Å². The highest BCUT2D eigenvalue weighted by atomic mass is 35.5. The number of guanidine groups is 1. The molecule has 0 aromatic heterocycles. The zero-order chi connectivity index (χ0) is 17.1. The summed E-state index contributed by atoms with van der Waals surface area (Å²) in [5, 5.41) is 3.88. The van der Waals surface area contributed by atoms with Crippen LogP contribution >= 0.6 is 23.2 Å². The molecule has 2 aromatic rings. The highest BCUT2D eigenvalue weighted by Crippen LogP contribution is 2.32. The lowest BCUT2D eigenvalue weighted by Gasteiger charge is -2.16. The van der Waals surface area contributed by atoms with E-state index in [1.807, 2.05) is 0 Å². The van der Waals surface area contributed by atoms with Crippen molar-refractivity contribution in [3.8, 4) is 5.75 Å². The van der Waals surface area contributed by atoms with E-state index in [2.05, 4.69) is 10.3 Å². The minimum absolute atomic E-state index is 0.139. The molecule has 1 heterocycles. The van der Waals surface area contributed by atoms with Gasteiger partial charge in [-0.1, -0.05) is 29.3 Å². The van der Waals surface area contributed by atoms with Gasteiger partial charge < -0.3 is 10.1 Å². The van der Waals surface area contributed by atoms with Gasteiger partial charge >= 0.3 is 0 Å². The fraction of sp³-hybridized carbons (Fsp3) is 0.176. The summed E-state index contributed by atoms with van der Waals surface area (Å²) >= 11 is 12.2. The molecule has 0 spiro atoms. The maximum Gasteiger partial charge on any atom is 0.260 e. The molecule has 1 aliphatic heterocycles. The van der Waals surface area contributed by atoms with Crippen LogP contribution in [0, 0.1) is 0 Å². The molecule has 1 saturated heterocycles. The normalized spacial score (nSPS) is 15.5. The molecular weight excluding hydrogens is 349 g/mol. The summed E-state index contributed by atoms with van der Waals surface area (Å²) < 4.78 is 5.11. The number of hydrogen-bond acceptors (Lipinski definition) is 3. The van der Waals surface area contributed by atoms with Crippen molar-refractivity contribution in [2.45, 2.75) is 0 Å². The average Bonchev–Trinajstić information content (AvgIpc) is 3.06. The minimum atomic E-state index is -0.139. The van der Waals surface area contributed by atoms with E-state index < -0.39 is 0 Å². The van der Waals surface area contributed by atoms with Gasteiger partial charge in [0.05, 0.1) is 22.8 Å². The van der Waals surface area contributed by atoms with E-state index in [4.69, 9.17) is 27.9 Å². The third-order valence-electron chi connectivity index (χ3n) is 3.61. The number of carbonyl (C=O) groups excluding carboxylic acids is 1. The molecule has 0 unspecified atom stereocenters. The number of nitrogens with one attached hydrogen (secondary N) is 1. The molecule has 0 bridgehead atoms. The Morgan fingerprint density at radius 1 is 1.21 bits per heavy atom. The van der Waals surface area contributed by atoms with Crippen LogP contribution in [-0.4, -0.2) is 37.0 Å². The van der Waals surface area contributed by atoms with Crippen molar-refractivity contribution >= 4 is 40.8 Å². The first-order valence-corrected chi connectivity index (χ1v) is 8.08. The Morgan fingerprint density at radius 3 is 2.67 bits per heavy atom. The number of ether oxygens (including phenoxy) is 1. The lowest BCUT2D eigenvalue weighted by Crippen LogP contribution is -2.35. The van der Waals surface area contributed by atoms with Crippen LogP contribution in [0.3, 0.4) is 0 Å². The van der Waals surface area contributed by atoms with Crippen LogP contribution in [0.2, 0.25) is 10.0 Å². The number of benzene rings is 2. The zero-order valence-corrected chi connectivity index (χ0v) is 14.4. The van der Waals surface area contributed by atoms with Gasteiger partial charge in [-0.3, -0.25) is 9.69 Å². The molecule has 0 atom stereocenters. The Hall–Kier alpha value is -2.24. The molecule has 3 rings (SSSR count). The van der Waals surface area contributed by atoms with Gasteiger partial charge in [-0.15, -0.1) is 0 Å². The van der Waals surface area contributed by atoms with E-state index in [1.165, 1.54) is 0 Å². The van der Waals surface area contributed by atoms with E-state index in [9.17, 15) is 4.79 Å². The summed E-state index contributed by atoms with van der Waals surface area (Å²) in [5.74, 6) is 1.02. The summed E-state index contributed by atoms with van der Waals surface area (Å²) in [6, 6.07) is 12.2. The number of halogens is 2. The van der Waals surface area contributed by atoms with Crippen LogP contribution in [0.15, 0.2) is 47.5 Å². The van der Waals surface area contributed by atoms with Crippen LogP contribution < -0.4 is 10.1 Å². The quantitative estimate of drug-likeness (QED) is 0.903. The average molecular weight is 364 g/mol. The van der Waals surface area contributed by atoms with Gasteiger partial charge in [0.15, 0.2) is 0 Å². The topological polar surface area (TPSA) is 53.9 Å². The minimum Gasteiger partial charge on any atom is -0.497 e. The van der Waals surface area contributed by atoms with Gasteiger partial charge in [0.25, 0.3) is 5.91 Å². The van der Waals surface area contributed by atoms with Crippen molar-refractivity contribution in [1.29, 1.82) is 0 Å². The van der Waals surface area contributed by atoms with Crippen LogP contribution in [0.5, 0.6) is 5.75 Å². The molecule has 24 heavy (non-hydrogen) atoms. The fourth-order valence-corrected chi connectivity index (χ4v) is 2.70. The molecule has 124 valence electrons. The third kappa shape index (κ3) is 3.32. The molecule has 1 fully saturated rings. The van der Waals surface area contributed by atoms with Crippen molar-refractivity contribution in [3.63, 3.8) is 0 Å². The highest BCUT2D eigenvalue weighted by molar-refractivity contribution is 6.43. The second-order valence-corrected chi connectivity index (χ2v) is 5.91. The number of aliphatic imine (C=N–C) groups is 1. The van der Waals surface area contributed by atoms with Gasteiger partial charge in [-0.2, -0.15) is 0 Å². The SMILES string of the molecule is COc1ccc(C(=O)N2CCNC2=Nc2cccc(Cl)c2Cl)cc1. The molecule has 0 saturated carbocycles. The molecule has 1 aliphatic rings. The number of nitrogens with zero attached hydrogens (tertiary/aromatic N) is 2. The molecule has 0 radical (unpaired) electrons. The summed E-state index contributed by atoms with van der Waals surface area (Å²) in [6.45, 7) is 1.15. The monoisotopic (exact) mass is 363 g/mol. The van der Waals surface area contributed by atoms with Gasteiger partial charge in [-0.05, 0) is 36.4 Å². The zero-order valence-electron chi connectivity index (χ0n) is 12.9. The maximum atomic E-state index is 12.7. The number of hydrogen-bond donors (Lipinski definition) is 1. The molecule has 2 aromatic carbocycles. The summed E-state index contributed by atoms with van der Waals surface area (Å²) in [5.41, 5.74) is 1.07. The largest absolute Gasteiger partial charge is 0.497 e. The van der Waals surface area contributed by atoms with Gasteiger partial charge in [0.2, 0.25) is 5.96 Å². The molecular formula is C17H15Cl2N3O2. The standard InChI is InChI=1S/C17H15Cl2N3O2/c1-24-12-7-5-11(6-8-12)16(23)22-10-9-20-17(22)21-14-4-2-3-13(18)15(14)19/h2-8H,9-10H2,1H3,(H,20,21). The Balaban J connectivity index is 1.88. The van der Waals surface area contributed by atoms with Crippen molar-refractivity contribution < 1.29 is 9.53 Å². The van der Waals surface area contributed by atoms with Crippen LogP contribution in [0.4, 0.5) is 5.69 Å². The summed E-state index contributed by atoms with van der Waals surface area (Å²) in [4.78, 5) is 18.7. The molecule has 7 heteroatoms. The predicted octanol–water partition coefficient (Wildman–Crippen LogP) is 3.74. The lowest BCUT2D eigenvalue weighted by molar-refractivity contribution is 0.0859. The van der Waals surface area contributed by atoms with E-state index in [-0.39, 0.29) is 5.91 Å². The first-order valence-electron chi connectivity index (χ1n) is 7.32. The smallest absolute Gasteiger partial charge is 0.260 e. The fourth-order valence-electron chi connectivity index (χ4n) is 2.36. The molecule has 1 N–H and O–H groups in total. The lowest BCUT2D eigenvalue weighted by atomic mass is 10.2. The van der Waals surface area contributed by atoms with E-state index in [1.54, 1.807) is 54.5 Å². The van der Waals surface area contributed by atoms with Crippen molar-refractivity contribution in [2.24, 2.45) is 4.99 Å². The molecule has 5 nitrogen and oxygen atoms in total. The summed E-state index contributed by atoms with van der Waals surface area (Å²) in [7, 11) is 1.58. The number of amides is 1. The van der Waals surface area contributed by atoms with E-state index in [0.29, 0.717) is 46.1 Å². The Kier molecular flexibility index (Phi) is 4.92. The van der Waals surface area contributed by atoms with Gasteiger partial charge in [0.1, 0.15) is 5.75 Å². The second kappa shape index (κ2) is 7.11.